The second-order valence-electron chi connectivity index (χ2n) is 6.12. The maximum Gasteiger partial charge on any atom is 0.252 e. The van der Waals surface area contributed by atoms with Crippen LogP contribution in [0, 0.1) is 0 Å². The molecule has 0 radical (unpaired) electrons. The van der Waals surface area contributed by atoms with Crippen LogP contribution < -0.4 is 5.32 Å². The molecule has 0 aliphatic carbocycles. The molecular formula is C17H20N4O3. The summed E-state index contributed by atoms with van der Waals surface area (Å²) in [6.45, 7) is 1.98. The lowest BCUT2D eigenvalue weighted by atomic mass is 10.1. The van der Waals surface area contributed by atoms with Gasteiger partial charge in [-0.1, -0.05) is 30.3 Å². The molecule has 7 nitrogen and oxygen atoms in total. The Labute approximate surface area is 140 Å². The molecule has 0 spiro atoms. The van der Waals surface area contributed by atoms with Gasteiger partial charge in [0, 0.05) is 18.8 Å². The van der Waals surface area contributed by atoms with Gasteiger partial charge in [0.15, 0.2) is 5.82 Å². The highest BCUT2D eigenvalue weighted by molar-refractivity contribution is 5.84. The number of nitrogens with one attached hydrogen (secondary N) is 1. The molecule has 0 saturated carbocycles. The minimum absolute atomic E-state index is 0.0565. The molecule has 1 atom stereocenters. The number of aromatic nitrogens is 3. The van der Waals surface area contributed by atoms with Crippen LogP contribution in [0.2, 0.25) is 0 Å². The van der Waals surface area contributed by atoms with Crippen molar-refractivity contribution in [2.75, 3.05) is 25.1 Å². The molecule has 2 aliphatic heterocycles. The zero-order valence-corrected chi connectivity index (χ0v) is 13.4. The smallest absolute Gasteiger partial charge is 0.252 e. The van der Waals surface area contributed by atoms with Crippen molar-refractivity contribution in [1.29, 1.82) is 0 Å². The number of fused-ring (bicyclic) bond motifs is 1. The monoisotopic (exact) mass is 328 g/mol. The molecule has 1 aromatic carbocycles. The summed E-state index contributed by atoms with van der Waals surface area (Å²) >= 11 is 0. The number of hydrogen-bond donors (Lipinski definition) is 1. The van der Waals surface area contributed by atoms with Gasteiger partial charge in [-0.25, -0.2) is 0 Å². The third-order valence-corrected chi connectivity index (χ3v) is 4.33. The largest absolute Gasteiger partial charge is 0.381 e. The minimum atomic E-state index is -0.0688. The summed E-state index contributed by atoms with van der Waals surface area (Å²) in [5, 5.41) is 7.59. The van der Waals surface area contributed by atoms with Gasteiger partial charge in [-0.2, -0.15) is 9.67 Å². The summed E-state index contributed by atoms with van der Waals surface area (Å²) in [5.74, 6) is 0.988. The molecule has 2 aromatic rings. The molecule has 1 saturated heterocycles. The van der Waals surface area contributed by atoms with E-state index in [-0.39, 0.29) is 18.1 Å². The molecule has 1 fully saturated rings. The van der Waals surface area contributed by atoms with Gasteiger partial charge in [0.25, 0.3) is 5.91 Å². The van der Waals surface area contributed by atoms with Crippen molar-refractivity contribution in [3.63, 3.8) is 0 Å². The first-order valence-corrected chi connectivity index (χ1v) is 8.31. The highest BCUT2D eigenvalue weighted by atomic mass is 16.5. The second kappa shape index (κ2) is 6.70. The number of benzene rings is 1. The fraction of sp³-hybridized carbons (Fsp3) is 0.471. The van der Waals surface area contributed by atoms with Crippen LogP contribution in [0.4, 0.5) is 5.95 Å². The quantitative estimate of drug-likeness (QED) is 0.924. The van der Waals surface area contributed by atoms with E-state index in [0.29, 0.717) is 24.8 Å². The number of ether oxygens (including phenoxy) is 2. The molecule has 7 heteroatoms. The number of rotatable bonds is 4. The molecule has 126 valence electrons. The van der Waals surface area contributed by atoms with E-state index in [9.17, 15) is 4.79 Å². The normalized spacial score (nSPS) is 21.3. The molecule has 0 bridgehead atoms. The van der Waals surface area contributed by atoms with E-state index in [2.05, 4.69) is 15.4 Å². The van der Waals surface area contributed by atoms with Gasteiger partial charge in [-0.05, 0) is 12.8 Å². The number of anilines is 1. The highest BCUT2D eigenvalue weighted by Crippen LogP contribution is 2.22. The van der Waals surface area contributed by atoms with Crippen LogP contribution in [-0.4, -0.2) is 52.6 Å². The maximum absolute atomic E-state index is 12.3. The highest BCUT2D eigenvalue weighted by Gasteiger charge is 2.28. The fourth-order valence-corrected chi connectivity index (χ4v) is 3.02. The number of hydrogen-bond acceptors (Lipinski definition) is 6. The topological polar surface area (TPSA) is 78.3 Å². The fourth-order valence-electron chi connectivity index (χ4n) is 3.02. The molecule has 1 aromatic heterocycles. The van der Waals surface area contributed by atoms with Crippen LogP contribution in [0.25, 0.3) is 11.4 Å². The summed E-state index contributed by atoms with van der Waals surface area (Å²) < 4.78 is 12.6. The van der Waals surface area contributed by atoms with Crippen LogP contribution in [0.3, 0.4) is 0 Å². The van der Waals surface area contributed by atoms with E-state index in [1.54, 1.807) is 0 Å². The predicted molar refractivity (Wildman–Crippen MR) is 87.9 cm³/mol. The van der Waals surface area contributed by atoms with E-state index < -0.39 is 0 Å². The van der Waals surface area contributed by atoms with Crippen molar-refractivity contribution in [2.24, 2.45) is 0 Å². The van der Waals surface area contributed by atoms with Crippen molar-refractivity contribution in [2.45, 2.75) is 31.4 Å². The van der Waals surface area contributed by atoms with E-state index in [1.807, 2.05) is 30.3 Å². The lowest BCUT2D eigenvalue weighted by Crippen LogP contribution is -2.38. The Morgan fingerprint density at radius 2 is 2.04 bits per heavy atom. The third-order valence-electron chi connectivity index (χ3n) is 4.33. The van der Waals surface area contributed by atoms with Crippen molar-refractivity contribution >= 4 is 11.9 Å². The molecule has 2 aliphatic rings. The Morgan fingerprint density at radius 1 is 1.25 bits per heavy atom. The van der Waals surface area contributed by atoms with Crippen LogP contribution in [0.15, 0.2) is 30.3 Å². The van der Waals surface area contributed by atoms with Crippen molar-refractivity contribution in [3.8, 4) is 11.4 Å². The van der Waals surface area contributed by atoms with Crippen molar-refractivity contribution in [1.82, 2.24) is 14.8 Å². The zero-order valence-electron chi connectivity index (χ0n) is 13.4. The van der Waals surface area contributed by atoms with Gasteiger partial charge in [0.05, 0.1) is 25.2 Å². The van der Waals surface area contributed by atoms with Crippen LogP contribution in [0.1, 0.15) is 24.1 Å². The van der Waals surface area contributed by atoms with E-state index in [1.165, 1.54) is 4.68 Å². The van der Waals surface area contributed by atoms with Gasteiger partial charge in [0.2, 0.25) is 5.95 Å². The molecule has 3 heterocycles. The molecule has 1 unspecified atom stereocenters. The van der Waals surface area contributed by atoms with Gasteiger partial charge in [-0.3, -0.25) is 4.79 Å². The maximum atomic E-state index is 12.3. The summed E-state index contributed by atoms with van der Waals surface area (Å²) in [4.78, 5) is 16.8. The number of carbonyl (C=O) groups is 1. The Bertz CT molecular complexity index is 710. The third kappa shape index (κ3) is 3.18. The molecule has 24 heavy (non-hydrogen) atoms. The second-order valence-corrected chi connectivity index (χ2v) is 6.12. The average Bonchev–Trinajstić information content (AvgIpc) is 3.06. The van der Waals surface area contributed by atoms with Gasteiger partial charge < -0.3 is 14.8 Å². The van der Waals surface area contributed by atoms with E-state index in [0.717, 1.165) is 31.6 Å². The standard InChI is InChI=1S/C17H20N4O3/c22-15-10-13(11-24-14-6-8-23-9-7-14)18-17-19-16(20-21(15)17)12-4-2-1-3-5-12/h1-5,13-14H,6-11H2,(H,18,19,20). The molecule has 4 rings (SSSR count). The van der Waals surface area contributed by atoms with E-state index >= 15 is 0 Å². The molecule has 1 N–H and O–H groups in total. The van der Waals surface area contributed by atoms with Crippen LogP contribution in [0.5, 0.6) is 0 Å². The Balaban J connectivity index is 1.44. The van der Waals surface area contributed by atoms with Crippen molar-refractivity contribution in [3.05, 3.63) is 30.3 Å². The lowest BCUT2D eigenvalue weighted by Gasteiger charge is -2.27. The lowest BCUT2D eigenvalue weighted by molar-refractivity contribution is -0.0348. The summed E-state index contributed by atoms with van der Waals surface area (Å²) in [6.07, 6.45) is 2.40. The predicted octanol–water partition coefficient (Wildman–Crippen LogP) is 1.97. The Hall–Kier alpha value is -2.25. The molecule has 0 amide bonds. The van der Waals surface area contributed by atoms with E-state index in [4.69, 9.17) is 9.47 Å². The first-order chi connectivity index (χ1) is 11.8. The van der Waals surface area contributed by atoms with Crippen LogP contribution in [-0.2, 0) is 9.47 Å². The van der Waals surface area contributed by atoms with Gasteiger partial charge in [-0.15, -0.1) is 5.10 Å². The average molecular weight is 328 g/mol. The van der Waals surface area contributed by atoms with Gasteiger partial charge >= 0.3 is 0 Å². The van der Waals surface area contributed by atoms with Gasteiger partial charge in [0.1, 0.15) is 0 Å². The molecular weight excluding hydrogens is 308 g/mol. The summed E-state index contributed by atoms with van der Waals surface area (Å²) in [7, 11) is 0. The summed E-state index contributed by atoms with van der Waals surface area (Å²) in [5.41, 5.74) is 0.893. The Morgan fingerprint density at radius 3 is 2.83 bits per heavy atom. The minimum Gasteiger partial charge on any atom is -0.381 e. The SMILES string of the molecule is O=C1CC(COC2CCOCC2)Nc2nc(-c3ccccc3)nn21. The van der Waals surface area contributed by atoms with Crippen LogP contribution >= 0.6 is 0 Å². The first kappa shape index (κ1) is 15.3. The zero-order chi connectivity index (χ0) is 16.4. The Kier molecular flexibility index (Phi) is 4.27. The summed E-state index contributed by atoms with van der Waals surface area (Å²) in [6, 6.07) is 9.58. The van der Waals surface area contributed by atoms with Crippen molar-refractivity contribution < 1.29 is 14.3 Å². The first-order valence-electron chi connectivity index (χ1n) is 8.31. The number of carbonyl (C=O) groups excluding carboxylic acids is 1. The number of nitrogens with zero attached hydrogens (tertiary/aromatic N) is 3.